The third-order valence-electron chi connectivity index (χ3n) is 16.5. The molecule has 0 N–H and O–H groups in total. The number of fused-ring (bicyclic) bond motifs is 5. The van der Waals surface area contributed by atoms with Gasteiger partial charge in [-0.1, -0.05) is 128 Å². The zero-order chi connectivity index (χ0) is 43.8. The number of ether oxygens (including phenoxy) is 4. The van der Waals surface area contributed by atoms with E-state index in [1.165, 1.54) is 154 Å². The molecule has 0 bridgehead atoms. The van der Waals surface area contributed by atoms with Gasteiger partial charge in [-0.2, -0.15) is 0 Å². The maximum atomic E-state index is 6.66. The fourth-order valence-electron chi connectivity index (χ4n) is 13.1. The predicted molar refractivity (Wildman–Crippen MR) is 264 cm³/mol. The molecule has 358 valence electrons. The molecule has 62 heavy (non-hydrogen) atoms. The van der Waals surface area contributed by atoms with Gasteiger partial charge in [0.05, 0.1) is 44.7 Å². The van der Waals surface area contributed by atoms with E-state index in [2.05, 4.69) is 76.8 Å². The number of nitrogens with zero attached hydrogens (tertiary/aromatic N) is 1. The molecule has 0 aromatic carbocycles. The second-order valence-corrected chi connectivity index (χ2v) is 22.2. The summed E-state index contributed by atoms with van der Waals surface area (Å²) >= 11 is 0. The Balaban J connectivity index is 0.913. The van der Waals surface area contributed by atoms with E-state index in [1.54, 1.807) is 5.57 Å². The van der Waals surface area contributed by atoms with E-state index >= 15 is 0 Å². The van der Waals surface area contributed by atoms with Crippen molar-refractivity contribution < 1.29 is 18.9 Å². The molecule has 10 atom stereocenters. The van der Waals surface area contributed by atoms with Gasteiger partial charge in [0.2, 0.25) is 0 Å². The number of hydrogen-bond donors (Lipinski definition) is 0. The fourth-order valence-corrected chi connectivity index (χ4v) is 13.1. The molecule has 0 spiro atoms. The van der Waals surface area contributed by atoms with Gasteiger partial charge >= 0.3 is 0 Å². The quantitative estimate of drug-likeness (QED) is 0.0498. The van der Waals surface area contributed by atoms with Crippen molar-refractivity contribution in [1.82, 2.24) is 4.90 Å². The summed E-state index contributed by atoms with van der Waals surface area (Å²) in [5.74, 6) is 8.25. The Morgan fingerprint density at radius 3 is 2.26 bits per heavy atom. The van der Waals surface area contributed by atoms with Gasteiger partial charge in [0.25, 0.3) is 0 Å². The minimum absolute atomic E-state index is 0.0493. The molecule has 5 heteroatoms. The summed E-state index contributed by atoms with van der Waals surface area (Å²) in [7, 11) is 0. The zero-order valence-electron chi connectivity index (χ0n) is 41.8. The summed E-state index contributed by atoms with van der Waals surface area (Å²) in [6.07, 6.45) is 45.4. The third kappa shape index (κ3) is 18.4. The first-order chi connectivity index (χ1) is 30.3. The summed E-state index contributed by atoms with van der Waals surface area (Å²) in [6, 6.07) is 0. The van der Waals surface area contributed by atoms with Crippen LogP contribution in [-0.4, -0.2) is 75.9 Å². The molecule has 3 saturated carbocycles. The average molecular weight is 864 g/mol. The Morgan fingerprint density at radius 1 is 0.726 bits per heavy atom. The highest BCUT2D eigenvalue weighted by Crippen LogP contribution is 2.59. The van der Waals surface area contributed by atoms with Crippen LogP contribution < -0.4 is 0 Å². The van der Waals surface area contributed by atoms with Crippen LogP contribution in [0.4, 0.5) is 0 Å². The number of rotatable bonds is 32. The molecule has 5 rings (SSSR count). The van der Waals surface area contributed by atoms with E-state index in [0.717, 1.165) is 85.7 Å². The number of hydrogen-bond acceptors (Lipinski definition) is 5. The molecule has 7 unspecified atom stereocenters. The summed E-state index contributed by atoms with van der Waals surface area (Å²) in [5, 5.41) is 0. The van der Waals surface area contributed by atoms with Crippen molar-refractivity contribution in [2.45, 2.75) is 214 Å². The maximum Gasteiger partial charge on any atom is 0.0936 e. The highest BCUT2D eigenvalue weighted by atomic mass is 16.6. The first-order valence-electron chi connectivity index (χ1n) is 27.4. The van der Waals surface area contributed by atoms with Gasteiger partial charge in [-0.05, 0) is 169 Å². The number of likely N-dealkylation sites (tertiary alicyclic amines) is 1. The van der Waals surface area contributed by atoms with Crippen LogP contribution in [0.5, 0.6) is 0 Å². The third-order valence-corrected chi connectivity index (χ3v) is 16.5. The van der Waals surface area contributed by atoms with Crippen LogP contribution in [0.1, 0.15) is 202 Å². The van der Waals surface area contributed by atoms with Gasteiger partial charge in [-0.25, -0.2) is 0 Å². The van der Waals surface area contributed by atoms with Crippen molar-refractivity contribution in [1.29, 1.82) is 0 Å². The molecule has 1 saturated heterocycles. The number of piperidine rings is 1. The Labute approximate surface area is 384 Å². The molecule has 0 aromatic rings. The molecule has 4 fully saturated rings. The predicted octanol–water partition coefficient (Wildman–Crippen LogP) is 15.0. The van der Waals surface area contributed by atoms with E-state index in [1.807, 2.05) is 0 Å². The Bertz CT molecular complexity index is 1260. The lowest BCUT2D eigenvalue weighted by molar-refractivity contribution is -0.0891. The lowest BCUT2D eigenvalue weighted by Crippen LogP contribution is -2.45. The molecule has 4 aliphatic carbocycles. The van der Waals surface area contributed by atoms with Crippen LogP contribution in [0.2, 0.25) is 0 Å². The molecule has 5 aliphatic rings. The van der Waals surface area contributed by atoms with Crippen LogP contribution in [0.15, 0.2) is 36.0 Å². The summed E-state index contributed by atoms with van der Waals surface area (Å²) in [6.45, 7) is 21.8. The van der Waals surface area contributed by atoms with Crippen molar-refractivity contribution in [2.24, 2.45) is 53.3 Å². The first kappa shape index (κ1) is 52.0. The van der Waals surface area contributed by atoms with Gasteiger partial charge in [0.1, 0.15) is 0 Å². The average Bonchev–Trinajstić information content (AvgIpc) is 3.70. The minimum atomic E-state index is -0.0493. The molecule has 0 aromatic heterocycles. The second-order valence-electron chi connectivity index (χ2n) is 22.2. The topological polar surface area (TPSA) is 40.2 Å². The molecular formula is C57H101NO4. The van der Waals surface area contributed by atoms with Crippen molar-refractivity contribution in [3.63, 3.8) is 0 Å². The molecule has 0 radical (unpaired) electrons. The van der Waals surface area contributed by atoms with Gasteiger partial charge in [-0.15, -0.1) is 0 Å². The monoisotopic (exact) mass is 864 g/mol. The maximum absolute atomic E-state index is 6.66. The van der Waals surface area contributed by atoms with Gasteiger partial charge in [-0.3, -0.25) is 0 Å². The van der Waals surface area contributed by atoms with E-state index in [0.29, 0.717) is 33.0 Å². The van der Waals surface area contributed by atoms with E-state index in [-0.39, 0.29) is 11.7 Å². The lowest BCUT2D eigenvalue weighted by Gasteiger charge is -2.51. The van der Waals surface area contributed by atoms with Crippen LogP contribution >= 0.6 is 0 Å². The van der Waals surface area contributed by atoms with Crippen molar-refractivity contribution in [2.75, 3.05) is 59.3 Å². The summed E-state index contributed by atoms with van der Waals surface area (Å²) in [4.78, 5) is 2.60. The van der Waals surface area contributed by atoms with E-state index < -0.39 is 0 Å². The molecule has 1 aliphatic heterocycles. The smallest absolute Gasteiger partial charge is 0.0936 e. The lowest BCUT2D eigenvalue weighted by atomic mass is 9.55. The molecule has 5 nitrogen and oxygen atoms in total. The van der Waals surface area contributed by atoms with Crippen LogP contribution in [0.25, 0.3) is 0 Å². The Hall–Kier alpha value is -0.980. The van der Waals surface area contributed by atoms with Crippen LogP contribution in [0, 0.1) is 53.3 Å². The van der Waals surface area contributed by atoms with E-state index in [9.17, 15) is 0 Å². The summed E-state index contributed by atoms with van der Waals surface area (Å²) < 4.78 is 25.5. The van der Waals surface area contributed by atoms with Crippen molar-refractivity contribution in [3.8, 4) is 0 Å². The molecule has 1 heterocycles. The molecule has 0 amide bonds. The largest absolute Gasteiger partial charge is 0.379 e. The second kappa shape index (κ2) is 29.6. The van der Waals surface area contributed by atoms with Crippen molar-refractivity contribution in [3.05, 3.63) is 36.0 Å². The fraction of sp³-hybridized carbons (Fsp3) is 0.895. The highest BCUT2D eigenvalue weighted by molar-refractivity contribution is 5.21. The minimum Gasteiger partial charge on any atom is -0.379 e. The van der Waals surface area contributed by atoms with Gasteiger partial charge in [0, 0.05) is 19.7 Å². The van der Waals surface area contributed by atoms with Gasteiger partial charge < -0.3 is 23.8 Å². The Kier molecular flexibility index (Phi) is 24.8. The van der Waals surface area contributed by atoms with E-state index in [4.69, 9.17) is 18.9 Å². The zero-order valence-corrected chi connectivity index (χ0v) is 41.8. The standard InChI is InChI=1S/C57H101NO4/c1-7-8-9-10-11-12-13-14-15-16-17-18-19-20-21-22-37-60-45-50(44-58-36-24-26-47(4)43-58)61-40-38-59-39-41-62-57(6)35-34-52-49(42-57)28-29-55-54(52)33-32-53-51(30-31-56(53)55)48(5)27-23-25-46(2)3/h11-12,14-15,28,46-48,50-56H,7-10,13,16-27,29-45H2,1-6H3/b12-11-,15-14-/t47?,48-,50?,51-,52?,53?,54?,55?,56?,57+/m1/s1. The van der Waals surface area contributed by atoms with Crippen LogP contribution in [-0.2, 0) is 18.9 Å². The first-order valence-corrected chi connectivity index (χ1v) is 27.4. The summed E-state index contributed by atoms with van der Waals surface area (Å²) in [5.41, 5.74) is 1.69. The number of allylic oxidation sites excluding steroid dienone is 5. The SMILES string of the molecule is CCCCC/C=C\C/C=C\CCCCCCCCOCC(CN1CCCC(C)C1)OCCOCCO[C@@]1(C)CCC2C(=CCC3C2CCC2C3CC[C@@H]2[C@H](C)CCCC(C)C)C1. The molecular weight excluding hydrogens is 763 g/mol. The Morgan fingerprint density at radius 2 is 1.47 bits per heavy atom. The van der Waals surface area contributed by atoms with Crippen molar-refractivity contribution >= 4 is 0 Å². The van der Waals surface area contributed by atoms with Crippen LogP contribution in [0.3, 0.4) is 0 Å². The number of unbranched alkanes of at least 4 members (excludes halogenated alkanes) is 9. The normalized spacial score (nSPS) is 30.2. The van der Waals surface area contributed by atoms with Gasteiger partial charge in [0.15, 0.2) is 0 Å². The highest BCUT2D eigenvalue weighted by Gasteiger charge is 2.51.